The van der Waals surface area contributed by atoms with E-state index in [2.05, 4.69) is 25.4 Å². The van der Waals surface area contributed by atoms with E-state index in [1.807, 2.05) is 67.7 Å². The molecule has 3 aromatic heterocycles. The van der Waals surface area contributed by atoms with E-state index in [1.54, 1.807) is 18.5 Å². The van der Waals surface area contributed by atoms with Gasteiger partial charge < -0.3 is 10.2 Å². The zero-order valence-electron chi connectivity index (χ0n) is 19.0. The van der Waals surface area contributed by atoms with Gasteiger partial charge in [0.15, 0.2) is 6.10 Å². The second kappa shape index (κ2) is 10.0. The molecule has 174 valence electrons. The lowest BCUT2D eigenvalue weighted by Crippen LogP contribution is -2.23. The molecule has 1 atom stereocenters. The van der Waals surface area contributed by atoms with Crippen molar-refractivity contribution in [2.24, 2.45) is 5.16 Å². The Morgan fingerprint density at radius 2 is 1.91 bits per heavy atom. The number of nitrogens with zero attached hydrogens (tertiary/aromatic N) is 4. The summed E-state index contributed by atoms with van der Waals surface area (Å²) in [5.41, 5.74) is 6.39. The Labute approximate surface area is 207 Å². The van der Waals surface area contributed by atoms with Gasteiger partial charge in [-0.25, -0.2) is 4.98 Å². The summed E-state index contributed by atoms with van der Waals surface area (Å²) < 4.78 is 0. The van der Waals surface area contributed by atoms with Gasteiger partial charge in [-0.1, -0.05) is 35.0 Å². The number of aromatic nitrogens is 3. The molecule has 0 spiro atoms. The number of carbonyl (C=O) groups is 1. The zero-order chi connectivity index (χ0) is 24.2. The van der Waals surface area contributed by atoms with Crippen LogP contribution >= 0.6 is 11.6 Å². The van der Waals surface area contributed by atoms with Gasteiger partial charge in [0.1, 0.15) is 5.15 Å². The molecule has 1 N–H and O–H groups in total. The van der Waals surface area contributed by atoms with Crippen molar-refractivity contribution in [2.75, 3.05) is 0 Å². The molecular formula is C27H22ClN5O2. The number of benzene rings is 1. The topological polar surface area (TPSA) is 89.4 Å². The predicted octanol–water partition coefficient (Wildman–Crippen LogP) is 5.30. The number of rotatable bonds is 6. The van der Waals surface area contributed by atoms with Gasteiger partial charge in [0.25, 0.3) is 5.91 Å². The molecule has 5 rings (SSSR count). The van der Waals surface area contributed by atoms with Gasteiger partial charge in [0.05, 0.1) is 17.1 Å². The van der Waals surface area contributed by atoms with Gasteiger partial charge in [0, 0.05) is 48.2 Å². The van der Waals surface area contributed by atoms with Crippen molar-refractivity contribution in [3.8, 4) is 11.3 Å². The number of oxime groups is 1. The molecule has 4 aromatic rings. The quantitative estimate of drug-likeness (QED) is 0.376. The third kappa shape index (κ3) is 5.36. The summed E-state index contributed by atoms with van der Waals surface area (Å²) in [6.45, 7) is 2.32. The van der Waals surface area contributed by atoms with Crippen LogP contribution in [0.4, 0.5) is 0 Å². The van der Waals surface area contributed by atoms with Crippen molar-refractivity contribution < 1.29 is 9.63 Å². The molecule has 0 saturated heterocycles. The van der Waals surface area contributed by atoms with E-state index < -0.39 is 0 Å². The number of nitrogens with one attached hydrogen (secondary N) is 1. The summed E-state index contributed by atoms with van der Waals surface area (Å²) in [5.74, 6) is -0.212. The standard InChI is InChI=1S/C27H22ClN5O2/c1-17-5-7-22(30-14-17)19-10-20(24-13-25(35-33-24)23-4-2-3-9-29-23)12-21(11-19)27(34)32-16-18-6-8-26(28)31-15-18/h2-12,14-15,25H,13,16H2,1H3,(H,32,34). The molecule has 0 bridgehead atoms. The molecule has 1 aliphatic rings. The molecule has 0 fully saturated rings. The first-order valence-corrected chi connectivity index (χ1v) is 11.5. The summed E-state index contributed by atoms with van der Waals surface area (Å²) in [6, 6.07) is 18.8. The van der Waals surface area contributed by atoms with Crippen molar-refractivity contribution in [3.05, 3.63) is 112 Å². The van der Waals surface area contributed by atoms with E-state index in [0.29, 0.717) is 23.7 Å². The summed E-state index contributed by atoms with van der Waals surface area (Å²) in [7, 11) is 0. The van der Waals surface area contributed by atoms with Gasteiger partial charge in [-0.05, 0) is 60.5 Å². The predicted molar refractivity (Wildman–Crippen MR) is 134 cm³/mol. The molecule has 1 aromatic carbocycles. The summed E-state index contributed by atoms with van der Waals surface area (Å²) in [5, 5.41) is 7.68. The normalized spacial score (nSPS) is 14.8. The molecule has 1 amide bonds. The third-order valence-corrected chi connectivity index (χ3v) is 5.89. The summed E-state index contributed by atoms with van der Waals surface area (Å²) in [4.78, 5) is 31.8. The largest absolute Gasteiger partial charge is 0.385 e. The SMILES string of the molecule is Cc1ccc(-c2cc(C(=O)NCc3ccc(Cl)nc3)cc(C3=NOC(c4ccccn4)C3)c2)nc1. The van der Waals surface area contributed by atoms with Crippen LogP contribution in [-0.2, 0) is 11.4 Å². The lowest BCUT2D eigenvalue weighted by molar-refractivity contribution is 0.0826. The van der Waals surface area contributed by atoms with E-state index in [1.165, 1.54) is 0 Å². The van der Waals surface area contributed by atoms with Gasteiger partial charge in [-0.2, -0.15) is 0 Å². The Balaban J connectivity index is 1.43. The molecule has 1 unspecified atom stereocenters. The lowest BCUT2D eigenvalue weighted by Gasteiger charge is -2.11. The fourth-order valence-corrected chi connectivity index (χ4v) is 3.89. The first kappa shape index (κ1) is 22.7. The molecule has 1 aliphatic heterocycles. The van der Waals surface area contributed by atoms with Crippen molar-refractivity contribution in [1.29, 1.82) is 0 Å². The highest BCUT2D eigenvalue weighted by Gasteiger charge is 2.26. The lowest BCUT2D eigenvalue weighted by atomic mass is 9.96. The fraction of sp³-hybridized carbons (Fsp3) is 0.148. The van der Waals surface area contributed by atoms with Crippen LogP contribution in [0.5, 0.6) is 0 Å². The Kier molecular flexibility index (Phi) is 6.50. The number of hydrogen-bond donors (Lipinski definition) is 1. The van der Waals surface area contributed by atoms with E-state index in [0.717, 1.165) is 39.4 Å². The minimum Gasteiger partial charge on any atom is -0.385 e. The molecule has 4 heterocycles. The average molecular weight is 484 g/mol. The number of amides is 1. The summed E-state index contributed by atoms with van der Waals surface area (Å²) >= 11 is 5.85. The number of aryl methyl sites for hydroxylation is 1. The van der Waals surface area contributed by atoms with Crippen LogP contribution in [0, 0.1) is 6.92 Å². The summed E-state index contributed by atoms with van der Waals surface area (Å²) in [6.07, 6.45) is 5.48. The Hall–Kier alpha value is -4.10. The van der Waals surface area contributed by atoms with Crippen LogP contribution in [0.15, 0.2) is 84.4 Å². The Morgan fingerprint density at radius 3 is 2.66 bits per heavy atom. The smallest absolute Gasteiger partial charge is 0.251 e. The van der Waals surface area contributed by atoms with E-state index in [4.69, 9.17) is 16.4 Å². The number of pyridine rings is 3. The monoisotopic (exact) mass is 483 g/mol. The second-order valence-corrected chi connectivity index (χ2v) is 8.67. The van der Waals surface area contributed by atoms with E-state index in [-0.39, 0.29) is 12.0 Å². The molecule has 35 heavy (non-hydrogen) atoms. The van der Waals surface area contributed by atoms with E-state index >= 15 is 0 Å². The van der Waals surface area contributed by atoms with Crippen LogP contribution in [0.2, 0.25) is 5.15 Å². The highest BCUT2D eigenvalue weighted by molar-refractivity contribution is 6.29. The molecule has 0 saturated carbocycles. The average Bonchev–Trinajstić information content (AvgIpc) is 3.39. The first-order valence-electron chi connectivity index (χ1n) is 11.2. The van der Waals surface area contributed by atoms with Crippen LogP contribution < -0.4 is 5.32 Å². The second-order valence-electron chi connectivity index (χ2n) is 8.28. The maximum atomic E-state index is 13.1. The van der Waals surface area contributed by atoms with Gasteiger partial charge in [-0.15, -0.1) is 0 Å². The van der Waals surface area contributed by atoms with Gasteiger partial charge in [-0.3, -0.25) is 14.8 Å². The van der Waals surface area contributed by atoms with Crippen LogP contribution in [0.3, 0.4) is 0 Å². The van der Waals surface area contributed by atoms with Crippen LogP contribution in [0.1, 0.15) is 45.3 Å². The minimum atomic E-state index is -0.262. The van der Waals surface area contributed by atoms with Crippen molar-refractivity contribution >= 4 is 23.2 Å². The van der Waals surface area contributed by atoms with E-state index in [9.17, 15) is 4.79 Å². The minimum absolute atomic E-state index is 0.212. The molecule has 7 nitrogen and oxygen atoms in total. The highest BCUT2D eigenvalue weighted by atomic mass is 35.5. The van der Waals surface area contributed by atoms with Gasteiger partial charge in [0.2, 0.25) is 0 Å². The molecule has 0 radical (unpaired) electrons. The Bertz CT molecular complexity index is 1370. The third-order valence-electron chi connectivity index (χ3n) is 5.66. The molecule has 0 aliphatic carbocycles. The maximum Gasteiger partial charge on any atom is 0.251 e. The van der Waals surface area contributed by atoms with Crippen molar-refractivity contribution in [3.63, 3.8) is 0 Å². The van der Waals surface area contributed by atoms with Crippen LogP contribution in [-0.4, -0.2) is 26.6 Å². The van der Waals surface area contributed by atoms with Crippen molar-refractivity contribution in [1.82, 2.24) is 20.3 Å². The molecular weight excluding hydrogens is 462 g/mol. The fourth-order valence-electron chi connectivity index (χ4n) is 3.78. The number of halogens is 1. The molecule has 8 heteroatoms. The van der Waals surface area contributed by atoms with Crippen molar-refractivity contribution in [2.45, 2.75) is 26.0 Å². The Morgan fingerprint density at radius 1 is 1.03 bits per heavy atom. The maximum absolute atomic E-state index is 13.1. The van der Waals surface area contributed by atoms with Gasteiger partial charge >= 0.3 is 0 Å². The number of hydrogen-bond acceptors (Lipinski definition) is 6. The highest BCUT2D eigenvalue weighted by Crippen LogP contribution is 2.30. The number of carbonyl (C=O) groups excluding carboxylic acids is 1. The van der Waals surface area contributed by atoms with Crippen LogP contribution in [0.25, 0.3) is 11.3 Å². The first-order chi connectivity index (χ1) is 17.0. The zero-order valence-corrected chi connectivity index (χ0v) is 19.7.